The van der Waals surface area contributed by atoms with Crippen molar-refractivity contribution in [2.24, 2.45) is 17.6 Å². The molecule has 4 bridgehead atoms. The Hall–Kier alpha value is -5.69. The van der Waals surface area contributed by atoms with Crippen LogP contribution in [0.2, 0.25) is 20.1 Å². The molecule has 4 aromatic carbocycles. The maximum atomic E-state index is 15.5. The number of aromatic nitrogens is 2. The summed E-state index contributed by atoms with van der Waals surface area (Å²) in [6.07, 6.45) is 24.1. The first-order valence-corrected chi connectivity index (χ1v) is 41.0. The highest BCUT2D eigenvalue weighted by molar-refractivity contribution is 7.90. The van der Waals surface area contributed by atoms with Gasteiger partial charge in [0.1, 0.15) is 40.3 Å². The second-order valence-electron chi connectivity index (χ2n) is 28.3. The van der Waals surface area contributed by atoms with Gasteiger partial charge in [0.2, 0.25) is 20.0 Å². The molecule has 548 valence electrons. The van der Waals surface area contributed by atoms with E-state index in [2.05, 4.69) is 19.8 Å². The second-order valence-corrected chi connectivity index (χ2v) is 33.7. The summed E-state index contributed by atoms with van der Waals surface area (Å²) < 4.78 is 110. The molecule has 0 spiro atoms. The van der Waals surface area contributed by atoms with E-state index in [9.17, 15) is 31.2 Å². The highest BCUT2D eigenvalue weighted by Crippen LogP contribution is 2.50. The number of nitrogens with one attached hydrogen (secondary N) is 2. The standard InChI is InChI=1S/C39H48Cl2FN3O6S.C36H45Cl2FN4O5S/c1-25(46)12-9-7-5-3-2-4-6-8-10-19-52(48,49)44-39(47)27-17-18-34(33(42)21-27)45-23-28-20-29(45)22-35(28)50-24-30-37(43-51-38(30)26-15-16-26)36-31(40)13-11-14-32(36)41;37-28-10-9-11-29(38)33(28)34-27(35(48-41-34)23-12-13-23)22-47-32-20-26-18-25(32)21-43(26)31-15-14-24(19-30(31)39)36(44)42-49(45,46)17-8-6-4-2-1-3-5-7-16-40/h11,13-14,17-18,21,26,28-29,35H,2-10,12,15-16,19-20,22-24H2,1H3,(H,44,47);9-11,14-15,19,23,25-26,32H,1-8,12-13,16-18,20-22,40H2,(H,42,44)/t28-,29-,35+;25-,26-,32+/m00/s1. The van der Waals surface area contributed by atoms with Crippen LogP contribution in [0.15, 0.2) is 81.8 Å². The predicted molar refractivity (Wildman–Crippen MR) is 391 cm³/mol. The minimum atomic E-state index is -3.84. The maximum Gasteiger partial charge on any atom is 0.264 e. The number of amides is 2. The summed E-state index contributed by atoms with van der Waals surface area (Å²) in [4.78, 5) is 40.6. The van der Waals surface area contributed by atoms with Gasteiger partial charge in [-0.25, -0.2) is 35.1 Å². The number of hydrogen-bond donors (Lipinski definition) is 3. The van der Waals surface area contributed by atoms with Crippen LogP contribution in [-0.2, 0) is 47.5 Å². The number of sulfonamides is 2. The van der Waals surface area contributed by atoms with Crippen LogP contribution in [0.5, 0.6) is 0 Å². The zero-order valence-corrected chi connectivity index (χ0v) is 62.0. The third-order valence-corrected chi connectivity index (χ3v) is 24.5. The van der Waals surface area contributed by atoms with Crippen LogP contribution in [0, 0.1) is 23.5 Å². The molecule has 6 aromatic rings. The van der Waals surface area contributed by atoms with Crippen LogP contribution in [0.3, 0.4) is 0 Å². The Morgan fingerprint density at radius 2 is 0.901 bits per heavy atom. The molecule has 4 aliphatic carbocycles. The lowest BCUT2D eigenvalue weighted by molar-refractivity contribution is -0.117. The van der Waals surface area contributed by atoms with Crippen LogP contribution >= 0.6 is 46.4 Å². The number of fused-ring (bicyclic) bond motifs is 4. The zero-order valence-electron chi connectivity index (χ0n) is 57.3. The summed E-state index contributed by atoms with van der Waals surface area (Å²) in [6, 6.07) is 19.2. The van der Waals surface area contributed by atoms with Gasteiger partial charge in [-0.05, 0) is 151 Å². The van der Waals surface area contributed by atoms with Crippen LogP contribution in [-0.4, -0.2) is 100 Å². The first kappa shape index (κ1) is 76.4. The van der Waals surface area contributed by atoms with Crippen molar-refractivity contribution < 1.29 is 58.5 Å². The first-order chi connectivity index (χ1) is 48.6. The van der Waals surface area contributed by atoms with E-state index in [0.717, 1.165) is 189 Å². The molecule has 0 radical (unpaired) electrons. The van der Waals surface area contributed by atoms with Crippen LogP contribution in [0.25, 0.3) is 22.5 Å². The lowest BCUT2D eigenvalue weighted by Crippen LogP contribution is -2.39. The van der Waals surface area contributed by atoms with Crippen molar-refractivity contribution >= 4 is 95.4 Å². The second kappa shape index (κ2) is 35.4. The number of anilines is 2. The molecule has 6 atom stereocenters. The number of ether oxygens (including phenoxy) is 2. The molecule has 4 heterocycles. The molecular formula is C75H93Cl4F2N7O11S2. The topological polar surface area (TPSA) is 247 Å². The molecule has 4 N–H and O–H groups in total. The number of rotatable bonds is 38. The van der Waals surface area contributed by atoms with E-state index in [-0.39, 0.29) is 64.5 Å². The smallest absolute Gasteiger partial charge is 0.264 e. The van der Waals surface area contributed by atoms with E-state index < -0.39 is 43.5 Å². The fourth-order valence-electron chi connectivity index (χ4n) is 15.0. The average molecular weight is 1510 g/mol. The minimum Gasteiger partial charge on any atom is -0.373 e. The van der Waals surface area contributed by atoms with E-state index in [1.54, 1.807) is 55.5 Å². The molecule has 2 aromatic heterocycles. The van der Waals surface area contributed by atoms with Crippen molar-refractivity contribution in [2.45, 2.75) is 223 Å². The lowest BCUT2D eigenvalue weighted by atomic mass is 10.0. The van der Waals surface area contributed by atoms with Crippen molar-refractivity contribution in [3.8, 4) is 22.5 Å². The Kier molecular flexibility index (Phi) is 26.8. The van der Waals surface area contributed by atoms with Gasteiger partial charge < -0.3 is 38.8 Å². The number of unbranched alkanes of at least 4 members (excludes halogenated alkanes) is 15. The Morgan fingerprint density at radius 3 is 1.24 bits per heavy atom. The Bertz CT molecular complexity index is 4060. The number of ketones is 1. The molecule has 2 amide bonds. The maximum absolute atomic E-state index is 15.5. The lowest BCUT2D eigenvalue weighted by Gasteiger charge is -2.33. The molecular weight excluding hydrogens is 1420 g/mol. The zero-order chi connectivity index (χ0) is 71.4. The molecule has 2 aliphatic heterocycles. The van der Waals surface area contributed by atoms with Gasteiger partial charge in [-0.3, -0.25) is 9.59 Å². The molecule has 6 aliphatic rings. The van der Waals surface area contributed by atoms with E-state index in [1.165, 1.54) is 12.1 Å². The highest BCUT2D eigenvalue weighted by atomic mass is 35.5. The average Bonchev–Trinajstić information content (AvgIpc) is 1.64. The molecule has 0 unspecified atom stereocenters. The highest BCUT2D eigenvalue weighted by Gasteiger charge is 2.48. The summed E-state index contributed by atoms with van der Waals surface area (Å²) in [5.41, 5.74) is 10.5. The fourth-order valence-corrected chi connectivity index (χ4v) is 18.3. The number of nitrogens with two attached hydrogens (primary N) is 1. The number of hydrogen-bond acceptors (Lipinski definition) is 16. The molecule has 26 heteroatoms. The van der Waals surface area contributed by atoms with E-state index in [1.807, 2.05) is 9.80 Å². The third kappa shape index (κ3) is 20.2. The van der Waals surface area contributed by atoms with Gasteiger partial charge in [-0.2, -0.15) is 0 Å². The number of benzene rings is 4. The molecule has 4 saturated carbocycles. The van der Waals surface area contributed by atoms with Gasteiger partial charge in [-0.15, -0.1) is 0 Å². The fraction of sp³-hybridized carbons (Fsp3) is 0.560. The van der Waals surface area contributed by atoms with Crippen LogP contribution in [0.1, 0.15) is 229 Å². The minimum absolute atomic E-state index is 0.0163. The quantitative estimate of drug-likeness (QED) is 0.0305. The van der Waals surface area contributed by atoms with Gasteiger partial charge in [0, 0.05) is 88.6 Å². The number of Topliss-reactive ketones (excluding diaryl/α,β-unsaturated/α-hetero) is 1. The van der Waals surface area contributed by atoms with Gasteiger partial charge in [0.15, 0.2) is 0 Å². The summed E-state index contributed by atoms with van der Waals surface area (Å²) in [6.45, 7) is 4.19. The summed E-state index contributed by atoms with van der Waals surface area (Å²) in [5, 5.41) is 10.7. The van der Waals surface area contributed by atoms with E-state index in [0.29, 0.717) is 111 Å². The van der Waals surface area contributed by atoms with Gasteiger partial charge in [-0.1, -0.05) is 152 Å². The van der Waals surface area contributed by atoms with Gasteiger partial charge >= 0.3 is 0 Å². The van der Waals surface area contributed by atoms with Crippen molar-refractivity contribution in [1.29, 1.82) is 0 Å². The summed E-state index contributed by atoms with van der Waals surface area (Å²) >= 11 is 26.1. The molecule has 18 nitrogen and oxygen atoms in total. The van der Waals surface area contributed by atoms with E-state index in [4.69, 9.17) is 70.7 Å². The van der Waals surface area contributed by atoms with Crippen molar-refractivity contribution in [2.75, 3.05) is 40.9 Å². The summed E-state index contributed by atoms with van der Waals surface area (Å²) in [5.74, 6) is -0.139. The molecule has 2 saturated heterocycles. The Balaban J connectivity index is 0.000000204. The Morgan fingerprint density at radius 1 is 0.535 bits per heavy atom. The molecule has 12 rings (SSSR count). The predicted octanol–water partition coefficient (Wildman–Crippen LogP) is 17.4. The monoisotopic (exact) mass is 1510 g/mol. The first-order valence-electron chi connectivity index (χ1n) is 36.2. The number of carbonyl (C=O) groups excluding carboxylic acids is 3. The van der Waals surface area contributed by atoms with Crippen molar-refractivity contribution in [3.63, 3.8) is 0 Å². The van der Waals surface area contributed by atoms with Gasteiger partial charge in [0.05, 0.1) is 68.4 Å². The SMILES string of the molecule is CC(=O)CCCCCCCCCCCS(=O)(=O)NC(=O)c1ccc(N2C[C@@H]3C[C@H]2C[C@H]3OCc2c(-c3c(Cl)cccc3Cl)noc2C2CC2)c(F)c1.NCCCCCCCCCCS(=O)(=O)NC(=O)c1ccc(N2C[C@@H]3C[C@H]2C[C@H]3OCc2c(-c3c(Cl)cccc3Cl)noc2C2CC2)c(F)c1. The number of carbonyl (C=O) groups is 3. The van der Waals surface area contributed by atoms with Crippen LogP contribution < -0.4 is 25.0 Å². The van der Waals surface area contributed by atoms with Gasteiger partial charge in [0.25, 0.3) is 11.8 Å². The van der Waals surface area contributed by atoms with Crippen molar-refractivity contribution in [3.05, 3.63) is 138 Å². The largest absolute Gasteiger partial charge is 0.373 e. The van der Waals surface area contributed by atoms with E-state index >= 15 is 8.78 Å². The normalized spacial score (nSPS) is 20.0. The van der Waals surface area contributed by atoms with Crippen LogP contribution in [0.4, 0.5) is 20.2 Å². The summed E-state index contributed by atoms with van der Waals surface area (Å²) in [7, 11) is -7.66. The number of piperidine rings is 2. The Labute approximate surface area is 612 Å². The molecule has 101 heavy (non-hydrogen) atoms. The number of halogens is 6. The van der Waals surface area contributed by atoms with Crippen molar-refractivity contribution in [1.82, 2.24) is 19.8 Å². The molecule has 6 fully saturated rings. The third-order valence-electron chi connectivity index (χ3n) is 20.6. The number of nitrogens with zero attached hydrogens (tertiary/aromatic N) is 4.